The summed E-state index contributed by atoms with van der Waals surface area (Å²) in [4.78, 5) is 5.15. The standard InChI is InChI=1S/C63H40N2/c1-3-17-41(18-4-1)59-49-21-7-9-23-51(49)60(52-24-10-8-22-50(52)59)42-31-33-43(34-32-42)61-53-25-11-13-27-55(53)62(56-28-14-12-26-54(56)61)46-37-35-45-40-47(38-36-44(45)39-46)63-64-57-29-15-16-30-58(57)65(63)48-19-5-2-6-20-48/h1-40H. The minimum Gasteiger partial charge on any atom is -0.292 e. The van der Waals surface area contributed by atoms with Gasteiger partial charge < -0.3 is 0 Å². The Balaban J connectivity index is 0.938. The molecule has 0 aliphatic heterocycles. The van der Waals surface area contributed by atoms with Gasteiger partial charge in [0.05, 0.1) is 11.0 Å². The molecule has 0 aliphatic rings. The Labute approximate surface area is 377 Å². The molecular weight excluding hydrogens is 785 g/mol. The Morgan fingerprint density at radius 1 is 0.262 bits per heavy atom. The smallest absolute Gasteiger partial charge is 0.145 e. The molecule has 0 atom stereocenters. The van der Waals surface area contributed by atoms with E-state index in [9.17, 15) is 0 Å². The van der Waals surface area contributed by atoms with E-state index in [1.807, 2.05) is 0 Å². The van der Waals surface area contributed by atoms with E-state index in [1.165, 1.54) is 98.4 Å². The highest BCUT2D eigenvalue weighted by Gasteiger charge is 2.20. The molecule has 0 N–H and O–H groups in total. The molecule has 65 heavy (non-hydrogen) atoms. The van der Waals surface area contributed by atoms with Gasteiger partial charge in [-0.25, -0.2) is 4.98 Å². The van der Waals surface area contributed by atoms with E-state index in [4.69, 9.17) is 4.98 Å². The number of aromatic nitrogens is 2. The SMILES string of the molecule is c1ccc(-c2c3ccccc3c(-c3ccc(-c4c5ccccc5c(-c5ccc6cc(-c7nc8ccccc8n7-c7ccccc7)ccc6c5)c5ccccc45)cc3)c3ccccc23)cc1. The van der Waals surface area contributed by atoms with Crippen molar-refractivity contribution in [3.8, 4) is 61.6 Å². The Kier molecular flexibility index (Phi) is 8.57. The molecule has 0 amide bonds. The average Bonchev–Trinajstić information content (AvgIpc) is 3.77. The summed E-state index contributed by atoms with van der Waals surface area (Å²) >= 11 is 0. The van der Waals surface area contributed by atoms with Gasteiger partial charge in [-0.05, 0) is 135 Å². The molecule has 0 bridgehead atoms. The quantitative estimate of drug-likeness (QED) is 0.153. The summed E-state index contributed by atoms with van der Waals surface area (Å²) < 4.78 is 2.27. The van der Waals surface area contributed by atoms with Crippen LogP contribution in [0.3, 0.4) is 0 Å². The molecule has 2 nitrogen and oxygen atoms in total. The van der Waals surface area contributed by atoms with Gasteiger partial charge in [0, 0.05) is 11.3 Å². The topological polar surface area (TPSA) is 17.8 Å². The zero-order valence-electron chi connectivity index (χ0n) is 35.5. The van der Waals surface area contributed by atoms with Crippen LogP contribution in [0.2, 0.25) is 0 Å². The largest absolute Gasteiger partial charge is 0.292 e. The van der Waals surface area contributed by atoms with Gasteiger partial charge in [0.1, 0.15) is 5.82 Å². The first kappa shape index (κ1) is 37.0. The lowest BCUT2D eigenvalue weighted by atomic mass is 9.84. The van der Waals surface area contributed by atoms with Crippen molar-refractivity contribution in [2.24, 2.45) is 0 Å². The third kappa shape index (κ3) is 5.99. The minimum absolute atomic E-state index is 0.937. The summed E-state index contributed by atoms with van der Waals surface area (Å²) in [5.41, 5.74) is 14.2. The van der Waals surface area contributed by atoms with Crippen LogP contribution in [0.4, 0.5) is 0 Å². The lowest BCUT2D eigenvalue weighted by Gasteiger charge is -2.19. The van der Waals surface area contributed by atoms with Crippen LogP contribution in [0.15, 0.2) is 243 Å². The summed E-state index contributed by atoms with van der Waals surface area (Å²) in [6.07, 6.45) is 0. The highest BCUT2D eigenvalue weighted by molar-refractivity contribution is 6.23. The van der Waals surface area contributed by atoms with E-state index >= 15 is 0 Å². The van der Waals surface area contributed by atoms with E-state index in [-0.39, 0.29) is 0 Å². The number of nitrogens with zero attached hydrogens (tertiary/aromatic N) is 2. The van der Waals surface area contributed by atoms with Crippen molar-refractivity contribution in [1.29, 1.82) is 0 Å². The fraction of sp³-hybridized carbons (Fsp3) is 0. The van der Waals surface area contributed by atoms with Gasteiger partial charge in [-0.15, -0.1) is 0 Å². The molecule has 12 aromatic carbocycles. The second-order valence-corrected chi connectivity index (χ2v) is 17.0. The fourth-order valence-electron chi connectivity index (χ4n) is 10.5. The molecule has 0 unspecified atom stereocenters. The first-order chi connectivity index (χ1) is 32.3. The molecule has 0 radical (unpaired) electrons. The lowest BCUT2D eigenvalue weighted by molar-refractivity contribution is 1.10. The van der Waals surface area contributed by atoms with E-state index in [2.05, 4.69) is 247 Å². The van der Waals surface area contributed by atoms with E-state index in [0.717, 1.165) is 28.1 Å². The zero-order chi connectivity index (χ0) is 42.8. The first-order valence-electron chi connectivity index (χ1n) is 22.4. The lowest BCUT2D eigenvalue weighted by Crippen LogP contribution is -1.97. The van der Waals surface area contributed by atoms with E-state index < -0.39 is 0 Å². The van der Waals surface area contributed by atoms with Gasteiger partial charge in [0.2, 0.25) is 0 Å². The number of rotatable bonds is 6. The minimum atomic E-state index is 0.937. The monoisotopic (exact) mass is 824 g/mol. The second kappa shape index (κ2) is 15.0. The first-order valence-corrected chi connectivity index (χ1v) is 22.4. The number of hydrogen-bond donors (Lipinski definition) is 0. The third-order valence-electron chi connectivity index (χ3n) is 13.3. The van der Waals surface area contributed by atoms with E-state index in [0.29, 0.717) is 0 Å². The maximum Gasteiger partial charge on any atom is 0.145 e. The fourth-order valence-corrected chi connectivity index (χ4v) is 10.5. The molecule has 302 valence electrons. The molecule has 1 heterocycles. The molecule has 0 spiro atoms. The highest BCUT2D eigenvalue weighted by Crippen LogP contribution is 2.47. The Morgan fingerprint density at radius 2 is 0.600 bits per heavy atom. The van der Waals surface area contributed by atoms with Gasteiger partial charge in [0.15, 0.2) is 0 Å². The number of fused-ring (bicyclic) bond motifs is 6. The summed E-state index contributed by atoms with van der Waals surface area (Å²) in [7, 11) is 0. The predicted molar refractivity (Wildman–Crippen MR) is 276 cm³/mol. The van der Waals surface area contributed by atoms with Crippen LogP contribution in [0.1, 0.15) is 0 Å². The van der Waals surface area contributed by atoms with Crippen molar-refractivity contribution >= 4 is 64.9 Å². The number of imidazole rings is 1. The summed E-state index contributed by atoms with van der Waals surface area (Å²) in [6, 6.07) is 88.4. The van der Waals surface area contributed by atoms with Crippen molar-refractivity contribution in [3.63, 3.8) is 0 Å². The van der Waals surface area contributed by atoms with Crippen molar-refractivity contribution < 1.29 is 0 Å². The van der Waals surface area contributed by atoms with Crippen LogP contribution in [0, 0.1) is 0 Å². The summed E-state index contributed by atoms with van der Waals surface area (Å²) in [6.45, 7) is 0. The maximum absolute atomic E-state index is 5.15. The molecule has 2 heteroatoms. The number of benzene rings is 12. The van der Waals surface area contributed by atoms with Crippen molar-refractivity contribution in [2.75, 3.05) is 0 Å². The van der Waals surface area contributed by atoms with Crippen molar-refractivity contribution in [2.45, 2.75) is 0 Å². The molecule has 0 saturated heterocycles. The average molecular weight is 825 g/mol. The second-order valence-electron chi connectivity index (χ2n) is 17.0. The molecule has 1 aromatic heterocycles. The van der Waals surface area contributed by atoms with Gasteiger partial charge >= 0.3 is 0 Å². The number of para-hydroxylation sites is 3. The van der Waals surface area contributed by atoms with Gasteiger partial charge in [0.25, 0.3) is 0 Å². The highest BCUT2D eigenvalue weighted by atomic mass is 15.1. The predicted octanol–water partition coefficient (Wildman–Crippen LogP) is 17.1. The van der Waals surface area contributed by atoms with Gasteiger partial charge in [-0.3, -0.25) is 4.57 Å². The summed E-state index contributed by atoms with van der Waals surface area (Å²) in [5, 5.41) is 12.4. The Bertz CT molecular complexity index is 3860. The van der Waals surface area contributed by atoms with Crippen molar-refractivity contribution in [1.82, 2.24) is 9.55 Å². The Hall–Kier alpha value is -8.59. The van der Waals surface area contributed by atoms with Crippen LogP contribution < -0.4 is 0 Å². The zero-order valence-corrected chi connectivity index (χ0v) is 35.5. The molecule has 0 saturated carbocycles. The van der Waals surface area contributed by atoms with Crippen LogP contribution >= 0.6 is 0 Å². The van der Waals surface area contributed by atoms with Crippen LogP contribution in [-0.4, -0.2) is 9.55 Å². The van der Waals surface area contributed by atoms with Crippen molar-refractivity contribution in [3.05, 3.63) is 243 Å². The number of hydrogen-bond acceptors (Lipinski definition) is 1. The van der Waals surface area contributed by atoms with E-state index in [1.54, 1.807) is 0 Å². The molecular formula is C63H40N2. The molecule has 0 aliphatic carbocycles. The maximum atomic E-state index is 5.15. The molecule has 0 fully saturated rings. The molecule has 13 rings (SSSR count). The van der Waals surface area contributed by atoms with Gasteiger partial charge in [-0.2, -0.15) is 0 Å². The van der Waals surface area contributed by atoms with Gasteiger partial charge in [-0.1, -0.05) is 206 Å². The van der Waals surface area contributed by atoms with Crippen LogP contribution in [0.5, 0.6) is 0 Å². The molecule has 13 aromatic rings. The Morgan fingerprint density at radius 3 is 1.08 bits per heavy atom. The van der Waals surface area contributed by atoms with Crippen LogP contribution in [-0.2, 0) is 0 Å². The third-order valence-corrected chi connectivity index (χ3v) is 13.3. The normalized spacial score (nSPS) is 11.7. The summed E-state index contributed by atoms with van der Waals surface area (Å²) in [5.74, 6) is 0.937. The van der Waals surface area contributed by atoms with Crippen LogP contribution in [0.25, 0.3) is 126 Å².